The molecule has 0 heterocycles. The van der Waals surface area contributed by atoms with Gasteiger partial charge in [-0.15, -0.1) is 0 Å². The highest BCUT2D eigenvalue weighted by Gasteiger charge is 2.06. The first-order valence-corrected chi connectivity index (χ1v) is 6.59. The minimum Gasteiger partial charge on any atom is -0.484 e. The first-order chi connectivity index (χ1) is 8.11. The lowest BCUT2D eigenvalue weighted by atomic mass is 10.2. The van der Waals surface area contributed by atoms with Gasteiger partial charge in [-0.2, -0.15) is 0 Å². The van der Waals surface area contributed by atoms with Gasteiger partial charge in [0, 0.05) is 10.5 Å². The topological polar surface area (TPSA) is 38.3 Å². The van der Waals surface area contributed by atoms with Crippen molar-refractivity contribution < 1.29 is 9.53 Å². The van der Waals surface area contributed by atoms with Crippen molar-refractivity contribution in [3.63, 3.8) is 0 Å². The number of hydrogen-bond acceptors (Lipinski definition) is 2. The lowest BCUT2D eigenvalue weighted by Crippen LogP contribution is -2.35. The average Bonchev–Trinajstić information content (AvgIpc) is 2.28. The SMILES string of the molecule is CCCC(C)NC(=O)COc1ccc(Br)cc1. The Morgan fingerprint density at radius 2 is 2.06 bits per heavy atom. The fourth-order valence-corrected chi connectivity index (χ4v) is 1.77. The van der Waals surface area contributed by atoms with Crippen molar-refractivity contribution in [1.82, 2.24) is 5.32 Å². The van der Waals surface area contributed by atoms with Crippen LogP contribution in [0.2, 0.25) is 0 Å². The molecule has 1 amide bonds. The number of ether oxygens (including phenoxy) is 1. The summed E-state index contributed by atoms with van der Waals surface area (Å²) in [6, 6.07) is 7.63. The molecule has 1 aromatic carbocycles. The molecule has 0 aliphatic carbocycles. The fraction of sp³-hybridized carbons (Fsp3) is 0.462. The second-order valence-electron chi connectivity index (χ2n) is 4.00. The van der Waals surface area contributed by atoms with E-state index in [2.05, 4.69) is 28.2 Å². The fourth-order valence-electron chi connectivity index (χ4n) is 1.50. The predicted octanol–water partition coefficient (Wildman–Crippen LogP) is 3.13. The largest absolute Gasteiger partial charge is 0.484 e. The second-order valence-corrected chi connectivity index (χ2v) is 4.92. The maximum absolute atomic E-state index is 11.5. The Bertz CT molecular complexity index is 351. The van der Waals surface area contributed by atoms with Crippen molar-refractivity contribution in [3.8, 4) is 5.75 Å². The third-order valence-corrected chi connectivity index (χ3v) is 2.84. The summed E-state index contributed by atoms with van der Waals surface area (Å²) in [6.45, 7) is 4.16. The molecule has 0 aliphatic rings. The number of amides is 1. The molecule has 3 nitrogen and oxygen atoms in total. The molecule has 0 fully saturated rings. The highest BCUT2D eigenvalue weighted by molar-refractivity contribution is 9.10. The maximum atomic E-state index is 11.5. The van der Waals surface area contributed by atoms with Crippen LogP contribution >= 0.6 is 15.9 Å². The molecule has 94 valence electrons. The summed E-state index contributed by atoms with van der Waals surface area (Å²) in [4.78, 5) is 11.5. The second kappa shape index (κ2) is 7.33. The average molecular weight is 300 g/mol. The van der Waals surface area contributed by atoms with E-state index >= 15 is 0 Å². The van der Waals surface area contributed by atoms with Gasteiger partial charge in [-0.3, -0.25) is 4.79 Å². The van der Waals surface area contributed by atoms with Crippen LogP contribution in [0.15, 0.2) is 28.7 Å². The normalized spacial score (nSPS) is 11.9. The molecule has 0 spiro atoms. The molecule has 1 atom stereocenters. The van der Waals surface area contributed by atoms with Crippen molar-refractivity contribution in [2.45, 2.75) is 32.7 Å². The van der Waals surface area contributed by atoms with Crippen molar-refractivity contribution >= 4 is 21.8 Å². The number of carbonyl (C=O) groups is 1. The first kappa shape index (κ1) is 14.0. The number of halogens is 1. The van der Waals surface area contributed by atoms with Gasteiger partial charge in [0.25, 0.3) is 5.91 Å². The van der Waals surface area contributed by atoms with Crippen molar-refractivity contribution in [1.29, 1.82) is 0 Å². The molecule has 1 aromatic rings. The van der Waals surface area contributed by atoms with Gasteiger partial charge in [-0.25, -0.2) is 0 Å². The molecule has 1 N–H and O–H groups in total. The van der Waals surface area contributed by atoms with Crippen LogP contribution in [0.5, 0.6) is 5.75 Å². The van der Waals surface area contributed by atoms with E-state index in [1.54, 1.807) is 0 Å². The maximum Gasteiger partial charge on any atom is 0.258 e. The lowest BCUT2D eigenvalue weighted by Gasteiger charge is -2.13. The molecule has 1 rings (SSSR count). The summed E-state index contributed by atoms with van der Waals surface area (Å²) >= 11 is 3.34. The molecule has 0 aromatic heterocycles. The molecule has 17 heavy (non-hydrogen) atoms. The van der Waals surface area contributed by atoms with E-state index in [0.717, 1.165) is 17.3 Å². The van der Waals surface area contributed by atoms with Crippen LogP contribution in [0.25, 0.3) is 0 Å². The van der Waals surface area contributed by atoms with Crippen molar-refractivity contribution in [2.24, 2.45) is 0 Å². The summed E-state index contributed by atoms with van der Waals surface area (Å²) in [5.74, 6) is 0.625. The molecule has 0 saturated heterocycles. The number of carbonyl (C=O) groups excluding carboxylic acids is 1. The van der Waals surface area contributed by atoms with Gasteiger partial charge < -0.3 is 10.1 Å². The quantitative estimate of drug-likeness (QED) is 0.876. The number of hydrogen-bond donors (Lipinski definition) is 1. The zero-order chi connectivity index (χ0) is 12.7. The summed E-state index contributed by atoms with van der Waals surface area (Å²) in [5.41, 5.74) is 0. The van der Waals surface area contributed by atoms with Crippen LogP contribution in [0.4, 0.5) is 0 Å². The predicted molar refractivity (Wildman–Crippen MR) is 72.1 cm³/mol. The van der Waals surface area contributed by atoms with E-state index < -0.39 is 0 Å². The third kappa shape index (κ3) is 5.73. The van der Waals surface area contributed by atoms with Gasteiger partial charge in [0.2, 0.25) is 0 Å². The van der Waals surface area contributed by atoms with Crippen LogP contribution in [0.1, 0.15) is 26.7 Å². The molecule has 4 heteroatoms. The standard InChI is InChI=1S/C13H18BrNO2/c1-3-4-10(2)15-13(16)9-17-12-7-5-11(14)6-8-12/h5-8,10H,3-4,9H2,1-2H3,(H,15,16). The van der Waals surface area contributed by atoms with Gasteiger partial charge in [-0.05, 0) is 37.6 Å². The molecule has 1 unspecified atom stereocenters. The van der Waals surface area contributed by atoms with Crippen molar-refractivity contribution in [3.05, 3.63) is 28.7 Å². The Labute approximate surface area is 111 Å². The van der Waals surface area contributed by atoms with Gasteiger partial charge in [-0.1, -0.05) is 29.3 Å². The van der Waals surface area contributed by atoms with E-state index in [4.69, 9.17) is 4.74 Å². The molecule has 0 bridgehead atoms. The minimum absolute atomic E-state index is 0.0652. The number of rotatable bonds is 6. The van der Waals surface area contributed by atoms with Crippen molar-refractivity contribution in [2.75, 3.05) is 6.61 Å². The first-order valence-electron chi connectivity index (χ1n) is 5.79. The van der Waals surface area contributed by atoms with E-state index in [9.17, 15) is 4.79 Å². The Hall–Kier alpha value is -1.03. The number of benzene rings is 1. The van der Waals surface area contributed by atoms with Crippen LogP contribution in [-0.4, -0.2) is 18.6 Å². The molecule has 0 aliphatic heterocycles. The van der Waals surface area contributed by atoms with Gasteiger partial charge in [0.15, 0.2) is 6.61 Å². The third-order valence-electron chi connectivity index (χ3n) is 2.31. The summed E-state index contributed by atoms with van der Waals surface area (Å²) in [5, 5.41) is 2.89. The molecule has 0 saturated carbocycles. The van der Waals surface area contributed by atoms with E-state index in [1.807, 2.05) is 31.2 Å². The molecular weight excluding hydrogens is 282 g/mol. The smallest absolute Gasteiger partial charge is 0.258 e. The Balaban J connectivity index is 2.30. The Morgan fingerprint density at radius 1 is 1.41 bits per heavy atom. The highest BCUT2D eigenvalue weighted by Crippen LogP contribution is 2.15. The minimum atomic E-state index is -0.0751. The van der Waals surface area contributed by atoms with E-state index in [1.165, 1.54) is 0 Å². The summed E-state index contributed by atoms with van der Waals surface area (Å²) in [6.07, 6.45) is 2.05. The summed E-state index contributed by atoms with van der Waals surface area (Å²) < 4.78 is 6.36. The monoisotopic (exact) mass is 299 g/mol. The lowest BCUT2D eigenvalue weighted by molar-refractivity contribution is -0.123. The van der Waals surface area contributed by atoms with Crippen LogP contribution in [0.3, 0.4) is 0 Å². The van der Waals surface area contributed by atoms with Gasteiger partial charge in [0.05, 0.1) is 0 Å². The zero-order valence-corrected chi connectivity index (χ0v) is 11.8. The van der Waals surface area contributed by atoms with Gasteiger partial charge >= 0.3 is 0 Å². The number of nitrogens with one attached hydrogen (secondary N) is 1. The van der Waals surface area contributed by atoms with Gasteiger partial charge in [0.1, 0.15) is 5.75 Å². The summed E-state index contributed by atoms with van der Waals surface area (Å²) in [7, 11) is 0. The van der Waals surface area contributed by atoms with Crippen LogP contribution < -0.4 is 10.1 Å². The Morgan fingerprint density at radius 3 is 2.65 bits per heavy atom. The van der Waals surface area contributed by atoms with E-state index in [0.29, 0.717) is 5.75 Å². The Kier molecular flexibility index (Phi) is 6.05. The van der Waals surface area contributed by atoms with E-state index in [-0.39, 0.29) is 18.6 Å². The zero-order valence-electron chi connectivity index (χ0n) is 10.2. The van der Waals surface area contributed by atoms with Crippen LogP contribution in [-0.2, 0) is 4.79 Å². The highest BCUT2D eigenvalue weighted by atomic mass is 79.9. The molecule has 0 radical (unpaired) electrons. The van der Waals surface area contributed by atoms with Crippen LogP contribution in [0, 0.1) is 0 Å². The molecular formula is C13H18BrNO2.